The van der Waals surface area contributed by atoms with Gasteiger partial charge < -0.3 is 14.9 Å². The SMILES string of the molecule is O=C(COc1ccc(Cl)c(F)c1)NC1CCN(OC(=O)C(F)(F)F)CC1. The molecule has 11 heteroatoms. The van der Waals surface area contributed by atoms with Crippen molar-refractivity contribution in [2.45, 2.75) is 25.1 Å². The third-order valence-corrected chi connectivity index (χ3v) is 3.83. The number of amides is 1. The zero-order chi connectivity index (χ0) is 19.3. The second-order valence-corrected chi connectivity index (χ2v) is 5.92. The number of benzene rings is 1. The van der Waals surface area contributed by atoms with Gasteiger partial charge in [-0.3, -0.25) is 4.79 Å². The van der Waals surface area contributed by atoms with E-state index in [-0.39, 0.29) is 36.5 Å². The van der Waals surface area contributed by atoms with Crippen molar-refractivity contribution in [2.75, 3.05) is 19.7 Å². The molecule has 0 unspecified atom stereocenters. The Hall–Kier alpha value is -2.07. The van der Waals surface area contributed by atoms with Gasteiger partial charge in [0, 0.05) is 25.2 Å². The molecule has 26 heavy (non-hydrogen) atoms. The summed E-state index contributed by atoms with van der Waals surface area (Å²) in [5.41, 5.74) is 0. The molecule has 1 heterocycles. The van der Waals surface area contributed by atoms with E-state index in [4.69, 9.17) is 16.3 Å². The van der Waals surface area contributed by atoms with Crippen molar-refractivity contribution in [3.63, 3.8) is 0 Å². The molecule has 1 saturated heterocycles. The molecule has 1 fully saturated rings. The lowest BCUT2D eigenvalue weighted by Gasteiger charge is -2.30. The Morgan fingerprint density at radius 3 is 2.50 bits per heavy atom. The number of hydrogen-bond donors (Lipinski definition) is 1. The van der Waals surface area contributed by atoms with Crippen LogP contribution in [0.15, 0.2) is 18.2 Å². The molecular formula is C15H15ClF4N2O4. The van der Waals surface area contributed by atoms with Gasteiger partial charge in [0.1, 0.15) is 11.6 Å². The van der Waals surface area contributed by atoms with Crippen molar-refractivity contribution in [2.24, 2.45) is 0 Å². The van der Waals surface area contributed by atoms with Crippen LogP contribution in [0, 0.1) is 5.82 Å². The van der Waals surface area contributed by atoms with Crippen LogP contribution in [0.25, 0.3) is 0 Å². The number of nitrogens with zero attached hydrogens (tertiary/aromatic N) is 1. The van der Waals surface area contributed by atoms with E-state index in [0.29, 0.717) is 12.8 Å². The molecule has 6 nitrogen and oxygen atoms in total. The summed E-state index contributed by atoms with van der Waals surface area (Å²) in [4.78, 5) is 26.8. The predicted molar refractivity (Wildman–Crippen MR) is 81.8 cm³/mol. The summed E-state index contributed by atoms with van der Waals surface area (Å²) in [6.45, 7) is -0.254. The number of carbonyl (C=O) groups excluding carboxylic acids is 2. The largest absolute Gasteiger partial charge is 0.492 e. The molecule has 0 saturated carbocycles. The summed E-state index contributed by atoms with van der Waals surface area (Å²) in [6, 6.07) is 3.45. The molecule has 0 atom stereocenters. The molecule has 1 aliphatic heterocycles. The van der Waals surface area contributed by atoms with Gasteiger partial charge in [-0.25, -0.2) is 9.18 Å². The van der Waals surface area contributed by atoms with E-state index in [9.17, 15) is 27.2 Å². The number of hydrogen-bond acceptors (Lipinski definition) is 5. The van der Waals surface area contributed by atoms with Gasteiger partial charge >= 0.3 is 12.1 Å². The highest BCUT2D eigenvalue weighted by Gasteiger charge is 2.43. The van der Waals surface area contributed by atoms with Crippen LogP contribution in [0.5, 0.6) is 5.75 Å². The van der Waals surface area contributed by atoms with Crippen LogP contribution in [0.2, 0.25) is 5.02 Å². The summed E-state index contributed by atoms with van der Waals surface area (Å²) in [7, 11) is 0. The summed E-state index contributed by atoms with van der Waals surface area (Å²) in [5.74, 6) is -3.28. The van der Waals surface area contributed by atoms with E-state index in [1.807, 2.05) is 0 Å². The second kappa shape index (κ2) is 8.54. The van der Waals surface area contributed by atoms with E-state index in [1.165, 1.54) is 12.1 Å². The van der Waals surface area contributed by atoms with Crippen LogP contribution in [0.4, 0.5) is 17.6 Å². The number of ether oxygens (including phenoxy) is 1. The van der Waals surface area contributed by atoms with Crippen LogP contribution in [-0.4, -0.2) is 48.9 Å². The molecule has 0 bridgehead atoms. The fourth-order valence-corrected chi connectivity index (χ4v) is 2.36. The minimum Gasteiger partial charge on any atom is -0.484 e. The zero-order valence-corrected chi connectivity index (χ0v) is 14.1. The number of rotatable bonds is 5. The Morgan fingerprint density at radius 1 is 1.27 bits per heavy atom. The Bertz CT molecular complexity index is 664. The first-order valence-corrected chi connectivity index (χ1v) is 7.94. The first kappa shape index (κ1) is 20.2. The molecule has 1 N–H and O–H groups in total. The lowest BCUT2D eigenvalue weighted by molar-refractivity contribution is -0.241. The molecule has 1 aromatic rings. The van der Waals surface area contributed by atoms with Gasteiger partial charge in [-0.05, 0) is 25.0 Å². The number of halogens is 5. The molecule has 0 aliphatic carbocycles. The molecule has 1 aromatic carbocycles. The van der Waals surface area contributed by atoms with Gasteiger partial charge in [-0.15, -0.1) is 5.06 Å². The number of hydroxylamine groups is 2. The molecule has 0 radical (unpaired) electrons. The number of nitrogens with one attached hydrogen (secondary N) is 1. The van der Waals surface area contributed by atoms with Crippen LogP contribution >= 0.6 is 11.6 Å². The molecule has 1 amide bonds. The fraction of sp³-hybridized carbons (Fsp3) is 0.467. The number of alkyl halides is 3. The minimum atomic E-state index is -5.05. The van der Waals surface area contributed by atoms with Crippen LogP contribution < -0.4 is 10.1 Å². The summed E-state index contributed by atoms with van der Waals surface area (Å²) >= 11 is 5.53. The monoisotopic (exact) mass is 398 g/mol. The Kier molecular flexibility index (Phi) is 6.65. The summed E-state index contributed by atoms with van der Waals surface area (Å²) in [5, 5.41) is 3.48. The second-order valence-electron chi connectivity index (χ2n) is 5.51. The highest BCUT2D eigenvalue weighted by atomic mass is 35.5. The van der Waals surface area contributed by atoms with Gasteiger partial charge in [0.05, 0.1) is 5.02 Å². The zero-order valence-electron chi connectivity index (χ0n) is 13.3. The maximum absolute atomic E-state index is 13.3. The van der Waals surface area contributed by atoms with Crippen LogP contribution in [0.1, 0.15) is 12.8 Å². The van der Waals surface area contributed by atoms with Crippen LogP contribution in [0.3, 0.4) is 0 Å². The van der Waals surface area contributed by atoms with Crippen molar-refractivity contribution in [3.8, 4) is 5.75 Å². The molecular weight excluding hydrogens is 384 g/mol. The average Bonchev–Trinajstić information content (AvgIpc) is 2.57. The van der Waals surface area contributed by atoms with Gasteiger partial charge in [0.15, 0.2) is 6.61 Å². The average molecular weight is 399 g/mol. The van der Waals surface area contributed by atoms with Gasteiger partial charge in [-0.2, -0.15) is 13.2 Å². The van der Waals surface area contributed by atoms with Crippen molar-refractivity contribution < 1.29 is 36.7 Å². The number of carbonyl (C=O) groups is 2. The minimum absolute atomic E-state index is 0.0516. The Labute approximate surface area is 150 Å². The lowest BCUT2D eigenvalue weighted by Crippen LogP contribution is -2.47. The molecule has 1 aliphatic rings. The van der Waals surface area contributed by atoms with Crippen molar-refractivity contribution in [1.29, 1.82) is 0 Å². The maximum atomic E-state index is 13.3. The normalized spacial score (nSPS) is 16.2. The molecule has 0 aromatic heterocycles. The third kappa shape index (κ3) is 6.03. The quantitative estimate of drug-likeness (QED) is 0.772. The molecule has 0 spiro atoms. The van der Waals surface area contributed by atoms with E-state index >= 15 is 0 Å². The standard InChI is InChI=1S/C15H15ClF4N2O4/c16-11-2-1-10(7-12(11)17)25-8-13(23)21-9-3-5-22(6-4-9)26-14(24)15(18,19)20/h1-2,7,9H,3-6,8H2,(H,21,23). The summed E-state index contributed by atoms with van der Waals surface area (Å²) in [6.07, 6.45) is -4.46. The summed E-state index contributed by atoms with van der Waals surface area (Å²) < 4.78 is 54.8. The van der Waals surface area contributed by atoms with E-state index in [0.717, 1.165) is 11.1 Å². The topological polar surface area (TPSA) is 67.9 Å². The maximum Gasteiger partial charge on any atom is 0.492 e. The highest BCUT2D eigenvalue weighted by Crippen LogP contribution is 2.21. The molecule has 144 valence electrons. The van der Waals surface area contributed by atoms with Gasteiger partial charge in [0.25, 0.3) is 5.91 Å². The van der Waals surface area contributed by atoms with E-state index in [1.54, 1.807) is 0 Å². The highest BCUT2D eigenvalue weighted by molar-refractivity contribution is 6.30. The lowest BCUT2D eigenvalue weighted by atomic mass is 10.1. The fourth-order valence-electron chi connectivity index (χ4n) is 2.25. The predicted octanol–water partition coefficient (Wildman–Crippen LogP) is 2.46. The Morgan fingerprint density at radius 2 is 1.92 bits per heavy atom. The van der Waals surface area contributed by atoms with Crippen molar-refractivity contribution in [1.82, 2.24) is 10.4 Å². The van der Waals surface area contributed by atoms with E-state index < -0.39 is 23.9 Å². The van der Waals surface area contributed by atoms with Crippen LogP contribution in [-0.2, 0) is 14.4 Å². The van der Waals surface area contributed by atoms with Gasteiger partial charge in [0.2, 0.25) is 0 Å². The van der Waals surface area contributed by atoms with E-state index in [2.05, 4.69) is 10.2 Å². The number of piperidine rings is 1. The van der Waals surface area contributed by atoms with Crippen molar-refractivity contribution in [3.05, 3.63) is 29.0 Å². The van der Waals surface area contributed by atoms with Crippen molar-refractivity contribution >= 4 is 23.5 Å². The smallest absolute Gasteiger partial charge is 0.484 e. The first-order valence-electron chi connectivity index (χ1n) is 7.56. The third-order valence-electron chi connectivity index (χ3n) is 3.52. The molecule has 2 rings (SSSR count). The first-order chi connectivity index (χ1) is 12.1. The van der Waals surface area contributed by atoms with Gasteiger partial charge in [-0.1, -0.05) is 11.6 Å². The Balaban J connectivity index is 1.71.